The van der Waals surface area contributed by atoms with Crippen molar-refractivity contribution in [3.8, 4) is 5.75 Å². The average molecular weight is 271 g/mol. The van der Waals surface area contributed by atoms with Crippen LogP contribution in [0.1, 0.15) is 23.5 Å². The third-order valence-electron chi connectivity index (χ3n) is 3.01. The maximum atomic E-state index is 6.16. The van der Waals surface area contributed by atoms with Crippen molar-refractivity contribution in [2.75, 3.05) is 34.3 Å². The highest BCUT2D eigenvalue weighted by molar-refractivity contribution is 6.30. The van der Waals surface area contributed by atoms with Crippen LogP contribution in [0.3, 0.4) is 0 Å². The van der Waals surface area contributed by atoms with Crippen LogP contribution < -0.4 is 10.5 Å². The van der Waals surface area contributed by atoms with E-state index < -0.39 is 0 Å². The van der Waals surface area contributed by atoms with Gasteiger partial charge in [-0.2, -0.15) is 0 Å². The normalized spacial score (nSPS) is 12.8. The number of hydrogen-bond acceptors (Lipinski definition) is 3. The van der Waals surface area contributed by atoms with Crippen LogP contribution in [0.4, 0.5) is 0 Å². The van der Waals surface area contributed by atoms with Gasteiger partial charge in [0.15, 0.2) is 0 Å². The number of ether oxygens (including phenoxy) is 1. The molecule has 0 radical (unpaired) electrons. The van der Waals surface area contributed by atoms with Crippen LogP contribution in [0.5, 0.6) is 5.75 Å². The minimum atomic E-state index is 0.345. The van der Waals surface area contributed by atoms with Gasteiger partial charge in [0.25, 0.3) is 0 Å². The first kappa shape index (κ1) is 15.3. The molecule has 0 fully saturated rings. The molecule has 2 N–H and O–H groups in total. The highest BCUT2D eigenvalue weighted by Gasteiger charge is 2.18. The molecule has 0 aliphatic carbocycles. The SMILES string of the molecule is COc1c(C)cc(Cl)cc1C(CCN)CN(C)C. The molecule has 0 amide bonds. The Balaban J connectivity index is 3.16. The van der Waals surface area contributed by atoms with Crippen LogP contribution in [-0.4, -0.2) is 39.2 Å². The number of methoxy groups -OCH3 is 1. The molecular formula is C14H23ClN2O. The Morgan fingerprint density at radius 3 is 2.56 bits per heavy atom. The lowest BCUT2D eigenvalue weighted by Crippen LogP contribution is -2.23. The molecule has 0 saturated carbocycles. The van der Waals surface area contributed by atoms with Gasteiger partial charge in [-0.05, 0) is 51.7 Å². The highest BCUT2D eigenvalue weighted by atomic mass is 35.5. The zero-order valence-corrected chi connectivity index (χ0v) is 12.4. The zero-order chi connectivity index (χ0) is 13.7. The zero-order valence-electron chi connectivity index (χ0n) is 11.7. The molecule has 4 heteroatoms. The lowest BCUT2D eigenvalue weighted by molar-refractivity contribution is 0.351. The van der Waals surface area contributed by atoms with E-state index in [0.717, 1.165) is 34.9 Å². The van der Waals surface area contributed by atoms with Crippen LogP contribution >= 0.6 is 11.6 Å². The number of likely N-dealkylation sites (N-methyl/N-ethyl adjacent to an activating group) is 1. The average Bonchev–Trinajstić information content (AvgIpc) is 2.27. The molecule has 3 nitrogen and oxygen atoms in total. The number of nitrogens with two attached hydrogens (primary N) is 1. The fourth-order valence-corrected chi connectivity index (χ4v) is 2.61. The van der Waals surface area contributed by atoms with Crippen molar-refractivity contribution < 1.29 is 4.74 Å². The summed E-state index contributed by atoms with van der Waals surface area (Å²) in [6.07, 6.45) is 0.925. The van der Waals surface area contributed by atoms with Gasteiger partial charge in [-0.15, -0.1) is 0 Å². The summed E-state index contributed by atoms with van der Waals surface area (Å²) in [6, 6.07) is 3.93. The fraction of sp³-hybridized carbons (Fsp3) is 0.571. The minimum Gasteiger partial charge on any atom is -0.496 e. The van der Waals surface area contributed by atoms with Gasteiger partial charge in [0.05, 0.1) is 7.11 Å². The van der Waals surface area contributed by atoms with E-state index in [9.17, 15) is 0 Å². The molecule has 1 unspecified atom stereocenters. The fourth-order valence-electron chi connectivity index (χ4n) is 2.32. The van der Waals surface area contributed by atoms with E-state index in [0.29, 0.717) is 12.5 Å². The predicted octanol–water partition coefficient (Wildman–Crippen LogP) is 2.65. The Labute approximate surface area is 115 Å². The maximum absolute atomic E-state index is 6.16. The van der Waals surface area contributed by atoms with E-state index in [2.05, 4.69) is 19.0 Å². The third-order valence-corrected chi connectivity index (χ3v) is 3.23. The predicted molar refractivity (Wildman–Crippen MR) is 77.7 cm³/mol. The lowest BCUT2D eigenvalue weighted by atomic mass is 9.92. The molecule has 1 atom stereocenters. The molecular weight excluding hydrogens is 248 g/mol. The van der Waals surface area contributed by atoms with E-state index in [1.165, 1.54) is 0 Å². The van der Waals surface area contributed by atoms with E-state index in [1.54, 1.807) is 7.11 Å². The van der Waals surface area contributed by atoms with Gasteiger partial charge >= 0.3 is 0 Å². The molecule has 102 valence electrons. The minimum absolute atomic E-state index is 0.345. The molecule has 0 heterocycles. The standard InChI is InChI=1S/C14H23ClN2O/c1-10-7-12(15)8-13(14(10)18-4)11(5-6-16)9-17(2)3/h7-8,11H,5-6,9,16H2,1-4H3. The molecule has 0 aromatic heterocycles. The molecule has 0 spiro atoms. The van der Waals surface area contributed by atoms with Gasteiger partial charge in [-0.1, -0.05) is 11.6 Å². The molecule has 18 heavy (non-hydrogen) atoms. The monoisotopic (exact) mass is 270 g/mol. The molecule has 1 aromatic carbocycles. The summed E-state index contributed by atoms with van der Waals surface area (Å²) in [6.45, 7) is 3.62. The van der Waals surface area contributed by atoms with E-state index >= 15 is 0 Å². The van der Waals surface area contributed by atoms with Crippen molar-refractivity contribution in [2.24, 2.45) is 5.73 Å². The van der Waals surface area contributed by atoms with Gasteiger partial charge < -0.3 is 15.4 Å². The number of aryl methyl sites for hydroxylation is 1. The van der Waals surface area contributed by atoms with E-state index in [4.69, 9.17) is 22.1 Å². The van der Waals surface area contributed by atoms with Gasteiger partial charge in [0.2, 0.25) is 0 Å². The van der Waals surface area contributed by atoms with E-state index in [-0.39, 0.29) is 0 Å². The summed E-state index contributed by atoms with van der Waals surface area (Å²) >= 11 is 6.16. The van der Waals surface area contributed by atoms with Crippen molar-refractivity contribution in [1.82, 2.24) is 4.90 Å². The number of hydrogen-bond donors (Lipinski definition) is 1. The Hall–Kier alpha value is -0.770. The Kier molecular flexibility index (Phi) is 5.93. The summed E-state index contributed by atoms with van der Waals surface area (Å²) in [5.41, 5.74) is 7.94. The van der Waals surface area contributed by atoms with Crippen LogP contribution in [0, 0.1) is 6.92 Å². The summed E-state index contributed by atoms with van der Waals surface area (Å²) in [7, 11) is 5.83. The summed E-state index contributed by atoms with van der Waals surface area (Å²) in [5.74, 6) is 1.28. The first-order valence-electron chi connectivity index (χ1n) is 6.18. The largest absolute Gasteiger partial charge is 0.496 e. The topological polar surface area (TPSA) is 38.5 Å². The van der Waals surface area contributed by atoms with Crippen molar-refractivity contribution in [3.63, 3.8) is 0 Å². The third kappa shape index (κ3) is 3.87. The lowest BCUT2D eigenvalue weighted by Gasteiger charge is -2.24. The number of halogens is 1. The van der Waals surface area contributed by atoms with Gasteiger partial charge in [0, 0.05) is 23.0 Å². The van der Waals surface area contributed by atoms with Crippen molar-refractivity contribution in [2.45, 2.75) is 19.3 Å². The van der Waals surface area contributed by atoms with Crippen LogP contribution in [-0.2, 0) is 0 Å². The van der Waals surface area contributed by atoms with Crippen LogP contribution in [0.2, 0.25) is 5.02 Å². The number of rotatable bonds is 6. The smallest absolute Gasteiger partial charge is 0.125 e. The second-order valence-corrected chi connectivity index (χ2v) is 5.32. The summed E-state index contributed by atoms with van der Waals surface area (Å²) < 4.78 is 5.52. The van der Waals surface area contributed by atoms with Gasteiger partial charge in [0.1, 0.15) is 5.75 Å². The second-order valence-electron chi connectivity index (χ2n) is 4.88. The Bertz CT molecular complexity index is 394. The molecule has 0 aliphatic rings. The van der Waals surface area contributed by atoms with Crippen molar-refractivity contribution >= 4 is 11.6 Å². The molecule has 1 aromatic rings. The van der Waals surface area contributed by atoms with Gasteiger partial charge in [-0.25, -0.2) is 0 Å². The summed E-state index contributed by atoms with van der Waals surface area (Å²) in [5, 5.41) is 0.754. The van der Waals surface area contributed by atoms with Crippen molar-refractivity contribution in [3.05, 3.63) is 28.3 Å². The van der Waals surface area contributed by atoms with E-state index in [1.807, 2.05) is 19.1 Å². The first-order valence-corrected chi connectivity index (χ1v) is 6.56. The Morgan fingerprint density at radius 2 is 2.06 bits per heavy atom. The molecule has 0 saturated heterocycles. The van der Waals surface area contributed by atoms with Crippen LogP contribution in [0.25, 0.3) is 0 Å². The summed E-state index contributed by atoms with van der Waals surface area (Å²) in [4.78, 5) is 2.16. The maximum Gasteiger partial charge on any atom is 0.125 e. The molecule has 0 aliphatic heterocycles. The van der Waals surface area contributed by atoms with Crippen molar-refractivity contribution in [1.29, 1.82) is 0 Å². The molecule has 0 bridgehead atoms. The highest BCUT2D eigenvalue weighted by Crippen LogP contribution is 2.34. The number of benzene rings is 1. The number of nitrogens with zero attached hydrogens (tertiary/aromatic N) is 1. The quantitative estimate of drug-likeness (QED) is 0.864. The molecule has 1 rings (SSSR count). The van der Waals surface area contributed by atoms with Gasteiger partial charge in [-0.3, -0.25) is 0 Å². The Morgan fingerprint density at radius 1 is 1.39 bits per heavy atom. The van der Waals surface area contributed by atoms with Crippen LogP contribution in [0.15, 0.2) is 12.1 Å². The first-order chi connectivity index (χ1) is 8.49. The second kappa shape index (κ2) is 6.98.